The summed E-state index contributed by atoms with van der Waals surface area (Å²) >= 11 is 0. The molecular weight excluding hydrogens is 338 g/mol. The van der Waals surface area contributed by atoms with Gasteiger partial charge in [0.2, 0.25) is 5.91 Å². The number of carbonyl (C=O) groups is 1. The first-order valence-corrected chi connectivity index (χ1v) is 9.41. The first-order valence-electron chi connectivity index (χ1n) is 9.41. The van der Waals surface area contributed by atoms with Gasteiger partial charge in [0.05, 0.1) is 13.7 Å². The van der Waals surface area contributed by atoms with Crippen LogP contribution >= 0.6 is 0 Å². The number of hydrogen-bond acceptors (Lipinski definition) is 3. The van der Waals surface area contributed by atoms with E-state index in [0.717, 1.165) is 24.3 Å². The summed E-state index contributed by atoms with van der Waals surface area (Å²) in [6.45, 7) is 6.28. The normalized spacial score (nSPS) is 13.7. The number of nitrogens with zero attached hydrogens (tertiary/aromatic N) is 1. The van der Waals surface area contributed by atoms with Crippen molar-refractivity contribution in [3.8, 4) is 11.5 Å². The van der Waals surface area contributed by atoms with Gasteiger partial charge in [0, 0.05) is 19.2 Å². The summed E-state index contributed by atoms with van der Waals surface area (Å²) in [5.41, 5.74) is 3.49. The van der Waals surface area contributed by atoms with Crippen LogP contribution in [-0.2, 0) is 17.8 Å². The van der Waals surface area contributed by atoms with E-state index >= 15 is 0 Å². The SMILES string of the molecule is COc1cc(/C=C/C(=O)N2CCc3ccccc3C2)ccc1OCC(C)C. The number of hydrogen-bond donors (Lipinski definition) is 0. The largest absolute Gasteiger partial charge is 0.493 e. The van der Waals surface area contributed by atoms with Gasteiger partial charge in [-0.05, 0) is 47.2 Å². The molecule has 0 fully saturated rings. The fourth-order valence-electron chi connectivity index (χ4n) is 3.12. The zero-order valence-corrected chi connectivity index (χ0v) is 16.3. The molecule has 2 aromatic carbocycles. The van der Waals surface area contributed by atoms with Gasteiger partial charge in [-0.3, -0.25) is 4.79 Å². The van der Waals surface area contributed by atoms with Crippen LogP contribution in [0, 0.1) is 5.92 Å². The average molecular weight is 365 g/mol. The number of methoxy groups -OCH3 is 1. The predicted molar refractivity (Wildman–Crippen MR) is 108 cm³/mol. The van der Waals surface area contributed by atoms with Gasteiger partial charge in [-0.15, -0.1) is 0 Å². The van der Waals surface area contributed by atoms with Crippen LogP contribution in [0.1, 0.15) is 30.5 Å². The fourth-order valence-corrected chi connectivity index (χ4v) is 3.12. The van der Waals surface area contributed by atoms with E-state index in [1.807, 2.05) is 35.2 Å². The minimum atomic E-state index is 0.0311. The molecule has 0 N–H and O–H groups in total. The van der Waals surface area contributed by atoms with E-state index in [9.17, 15) is 4.79 Å². The molecule has 0 unspecified atom stereocenters. The molecular formula is C23H27NO3. The van der Waals surface area contributed by atoms with Crippen LogP contribution in [0.5, 0.6) is 11.5 Å². The Morgan fingerprint density at radius 1 is 1.15 bits per heavy atom. The van der Waals surface area contributed by atoms with Gasteiger partial charge >= 0.3 is 0 Å². The summed E-state index contributed by atoms with van der Waals surface area (Å²) in [6, 6.07) is 14.0. The smallest absolute Gasteiger partial charge is 0.246 e. The first kappa shape index (κ1) is 19.0. The molecule has 4 nitrogen and oxygen atoms in total. The van der Waals surface area contributed by atoms with Crippen molar-refractivity contribution in [3.05, 3.63) is 65.2 Å². The van der Waals surface area contributed by atoms with Crippen molar-refractivity contribution < 1.29 is 14.3 Å². The highest BCUT2D eigenvalue weighted by atomic mass is 16.5. The molecule has 0 bridgehead atoms. The summed E-state index contributed by atoms with van der Waals surface area (Å²) in [5, 5.41) is 0. The van der Waals surface area contributed by atoms with Crippen LogP contribution in [0.4, 0.5) is 0 Å². The standard InChI is InChI=1S/C23H27NO3/c1-17(2)16-27-21-10-8-18(14-22(21)26-3)9-11-23(25)24-13-12-19-6-4-5-7-20(19)15-24/h4-11,14,17H,12-13,15-16H2,1-3H3/b11-9+. The Morgan fingerprint density at radius 2 is 1.93 bits per heavy atom. The maximum Gasteiger partial charge on any atom is 0.246 e. The number of fused-ring (bicyclic) bond motifs is 1. The average Bonchev–Trinajstić information content (AvgIpc) is 2.70. The molecule has 0 atom stereocenters. The molecule has 0 aliphatic carbocycles. The lowest BCUT2D eigenvalue weighted by Crippen LogP contribution is -2.34. The molecule has 4 heteroatoms. The number of carbonyl (C=O) groups excluding carboxylic acids is 1. The van der Waals surface area contributed by atoms with E-state index in [1.54, 1.807) is 13.2 Å². The summed E-state index contributed by atoms with van der Waals surface area (Å²) in [6.07, 6.45) is 4.38. The van der Waals surface area contributed by atoms with Crippen molar-refractivity contribution in [3.63, 3.8) is 0 Å². The number of rotatable bonds is 6. The number of ether oxygens (including phenoxy) is 2. The Balaban J connectivity index is 1.66. The fraction of sp³-hybridized carbons (Fsp3) is 0.348. The summed E-state index contributed by atoms with van der Waals surface area (Å²) in [5.74, 6) is 1.88. The van der Waals surface area contributed by atoms with E-state index in [4.69, 9.17) is 9.47 Å². The zero-order chi connectivity index (χ0) is 19.2. The molecule has 1 aliphatic rings. The van der Waals surface area contributed by atoms with Crippen molar-refractivity contribution in [2.24, 2.45) is 5.92 Å². The third-order valence-electron chi connectivity index (χ3n) is 4.62. The molecule has 0 aromatic heterocycles. The van der Waals surface area contributed by atoms with Gasteiger partial charge in [-0.2, -0.15) is 0 Å². The molecule has 1 heterocycles. The van der Waals surface area contributed by atoms with Crippen LogP contribution in [0.3, 0.4) is 0 Å². The second-order valence-corrected chi connectivity index (χ2v) is 7.23. The Morgan fingerprint density at radius 3 is 2.67 bits per heavy atom. The first-order chi connectivity index (χ1) is 13.1. The maximum absolute atomic E-state index is 12.6. The Kier molecular flexibility index (Phi) is 6.17. The van der Waals surface area contributed by atoms with Gasteiger partial charge in [-0.1, -0.05) is 44.2 Å². The molecule has 0 saturated heterocycles. The lowest BCUT2D eigenvalue weighted by atomic mass is 10.00. The molecule has 0 saturated carbocycles. The molecule has 142 valence electrons. The second-order valence-electron chi connectivity index (χ2n) is 7.23. The number of benzene rings is 2. The van der Waals surface area contributed by atoms with E-state index < -0.39 is 0 Å². The van der Waals surface area contributed by atoms with E-state index in [2.05, 4.69) is 32.0 Å². The van der Waals surface area contributed by atoms with Gasteiger partial charge in [-0.25, -0.2) is 0 Å². The summed E-state index contributed by atoms with van der Waals surface area (Å²) < 4.78 is 11.2. The maximum atomic E-state index is 12.6. The van der Waals surface area contributed by atoms with Crippen molar-refractivity contribution >= 4 is 12.0 Å². The lowest BCUT2D eigenvalue weighted by molar-refractivity contribution is -0.126. The lowest BCUT2D eigenvalue weighted by Gasteiger charge is -2.27. The van der Waals surface area contributed by atoms with Crippen molar-refractivity contribution in [1.29, 1.82) is 0 Å². The molecule has 0 spiro atoms. The Bertz CT molecular complexity index is 826. The summed E-state index contributed by atoms with van der Waals surface area (Å²) in [7, 11) is 1.63. The molecule has 2 aromatic rings. The highest BCUT2D eigenvalue weighted by Crippen LogP contribution is 2.29. The van der Waals surface area contributed by atoms with Crippen LogP contribution in [0.25, 0.3) is 6.08 Å². The molecule has 1 aliphatic heterocycles. The van der Waals surface area contributed by atoms with Crippen LogP contribution in [0.2, 0.25) is 0 Å². The third kappa shape index (κ3) is 4.91. The van der Waals surface area contributed by atoms with Crippen LogP contribution < -0.4 is 9.47 Å². The molecule has 1 amide bonds. The minimum absolute atomic E-state index is 0.0311. The Labute approximate surface area is 161 Å². The van der Waals surface area contributed by atoms with Crippen molar-refractivity contribution in [1.82, 2.24) is 4.90 Å². The number of amides is 1. The van der Waals surface area contributed by atoms with Crippen molar-refractivity contribution in [2.45, 2.75) is 26.8 Å². The highest BCUT2D eigenvalue weighted by Gasteiger charge is 2.18. The topological polar surface area (TPSA) is 38.8 Å². The molecule has 3 rings (SSSR count). The minimum Gasteiger partial charge on any atom is -0.493 e. The van der Waals surface area contributed by atoms with Gasteiger partial charge in [0.1, 0.15) is 0 Å². The van der Waals surface area contributed by atoms with Gasteiger partial charge in [0.15, 0.2) is 11.5 Å². The molecule has 0 radical (unpaired) electrons. The van der Waals surface area contributed by atoms with E-state index in [1.165, 1.54) is 11.1 Å². The van der Waals surface area contributed by atoms with Gasteiger partial charge < -0.3 is 14.4 Å². The predicted octanol–water partition coefficient (Wildman–Crippen LogP) is 4.33. The summed E-state index contributed by atoms with van der Waals surface area (Å²) in [4.78, 5) is 14.4. The monoisotopic (exact) mass is 365 g/mol. The quantitative estimate of drug-likeness (QED) is 0.715. The highest BCUT2D eigenvalue weighted by molar-refractivity contribution is 5.92. The van der Waals surface area contributed by atoms with Gasteiger partial charge in [0.25, 0.3) is 0 Å². The van der Waals surface area contributed by atoms with Crippen molar-refractivity contribution in [2.75, 3.05) is 20.3 Å². The Hall–Kier alpha value is -2.75. The third-order valence-corrected chi connectivity index (χ3v) is 4.62. The zero-order valence-electron chi connectivity index (χ0n) is 16.3. The van der Waals surface area contributed by atoms with E-state index in [-0.39, 0.29) is 5.91 Å². The second kappa shape index (κ2) is 8.76. The van der Waals surface area contributed by atoms with Crippen LogP contribution in [-0.4, -0.2) is 31.1 Å². The van der Waals surface area contributed by atoms with Crippen LogP contribution in [0.15, 0.2) is 48.5 Å². The molecule has 27 heavy (non-hydrogen) atoms. The van der Waals surface area contributed by atoms with E-state index in [0.29, 0.717) is 24.8 Å².